The van der Waals surface area contributed by atoms with Gasteiger partial charge in [-0.05, 0) is 31.6 Å². The third kappa shape index (κ3) is 2.89. The van der Waals surface area contributed by atoms with Crippen LogP contribution in [-0.4, -0.2) is 23.0 Å². The van der Waals surface area contributed by atoms with Gasteiger partial charge in [0.15, 0.2) is 0 Å². The first-order valence-electron chi connectivity index (χ1n) is 7.01. The second kappa shape index (κ2) is 6.58. The van der Waals surface area contributed by atoms with Crippen molar-refractivity contribution in [3.05, 3.63) is 17.0 Å². The number of rotatable bonds is 5. The van der Waals surface area contributed by atoms with Crippen LogP contribution in [0.3, 0.4) is 0 Å². The molecule has 0 aliphatic carbocycles. The zero-order valence-corrected chi connectivity index (χ0v) is 12.2. The first-order chi connectivity index (χ1) is 8.80. The summed E-state index contributed by atoms with van der Waals surface area (Å²) in [5.74, 6) is 1.29. The van der Waals surface area contributed by atoms with Gasteiger partial charge in [0, 0.05) is 31.0 Å². The van der Waals surface area contributed by atoms with Crippen LogP contribution in [0.15, 0.2) is 0 Å². The summed E-state index contributed by atoms with van der Waals surface area (Å²) in [6.07, 6.45) is 4.29. The molecule has 1 aliphatic heterocycles. The highest BCUT2D eigenvalue weighted by molar-refractivity contribution is 6.17. The normalized spacial score (nSPS) is 17.3. The maximum atomic E-state index is 6.08. The first kappa shape index (κ1) is 13.9. The molecule has 1 aliphatic rings. The van der Waals surface area contributed by atoms with Crippen LogP contribution in [0.2, 0.25) is 0 Å². The Bertz CT molecular complexity index is 383. The summed E-state index contributed by atoms with van der Waals surface area (Å²) in [6.45, 7) is 7.16. The van der Waals surface area contributed by atoms with Crippen LogP contribution in [0.1, 0.15) is 43.6 Å². The summed E-state index contributed by atoms with van der Waals surface area (Å²) in [5, 5.41) is 4.76. The smallest absolute Gasteiger partial charge is 0.0668 e. The van der Waals surface area contributed by atoms with Crippen molar-refractivity contribution in [2.45, 2.75) is 52.0 Å². The summed E-state index contributed by atoms with van der Waals surface area (Å²) in [4.78, 5) is 0. The lowest BCUT2D eigenvalue weighted by Crippen LogP contribution is -2.22. The van der Waals surface area contributed by atoms with Crippen molar-refractivity contribution in [2.24, 2.45) is 5.92 Å². The Hall–Kier alpha value is -0.540. The van der Waals surface area contributed by atoms with Crippen molar-refractivity contribution in [3.63, 3.8) is 0 Å². The van der Waals surface area contributed by atoms with Gasteiger partial charge in [0.1, 0.15) is 0 Å². The number of hydrogen-bond donors (Lipinski definition) is 0. The monoisotopic (exact) mass is 270 g/mol. The van der Waals surface area contributed by atoms with Gasteiger partial charge < -0.3 is 4.74 Å². The molecule has 0 spiro atoms. The fourth-order valence-electron chi connectivity index (χ4n) is 2.75. The van der Waals surface area contributed by atoms with E-state index >= 15 is 0 Å². The van der Waals surface area contributed by atoms with Crippen LogP contribution < -0.4 is 0 Å². The van der Waals surface area contributed by atoms with Crippen molar-refractivity contribution in [1.82, 2.24) is 9.78 Å². The van der Waals surface area contributed by atoms with E-state index in [2.05, 4.69) is 18.5 Å². The number of nitrogens with zero attached hydrogens (tertiary/aromatic N) is 2. The Kier molecular flexibility index (Phi) is 5.07. The molecule has 0 radical (unpaired) electrons. The molecule has 0 N–H and O–H groups in total. The van der Waals surface area contributed by atoms with E-state index in [0.717, 1.165) is 45.4 Å². The Morgan fingerprint density at radius 3 is 2.56 bits per heavy atom. The van der Waals surface area contributed by atoms with Gasteiger partial charge in [-0.2, -0.15) is 5.10 Å². The predicted octanol–water partition coefficient (Wildman–Crippen LogP) is 3.17. The molecule has 0 saturated carbocycles. The third-order valence-corrected chi connectivity index (χ3v) is 4.09. The molecule has 1 saturated heterocycles. The summed E-state index contributed by atoms with van der Waals surface area (Å²) in [7, 11) is 0. The van der Waals surface area contributed by atoms with Gasteiger partial charge in [0.2, 0.25) is 0 Å². The van der Waals surface area contributed by atoms with Crippen molar-refractivity contribution in [3.8, 4) is 0 Å². The van der Waals surface area contributed by atoms with Crippen molar-refractivity contribution >= 4 is 11.6 Å². The molecule has 1 fully saturated rings. The highest BCUT2D eigenvalue weighted by atomic mass is 35.5. The molecule has 4 heteroatoms. The molecule has 1 aromatic rings. The van der Waals surface area contributed by atoms with E-state index in [-0.39, 0.29) is 0 Å². The van der Waals surface area contributed by atoms with E-state index in [4.69, 9.17) is 21.4 Å². The second-order valence-electron chi connectivity index (χ2n) is 4.95. The average Bonchev–Trinajstić information content (AvgIpc) is 2.76. The number of alkyl halides is 1. The molecule has 3 nitrogen and oxygen atoms in total. The van der Waals surface area contributed by atoms with Gasteiger partial charge >= 0.3 is 0 Å². The largest absolute Gasteiger partial charge is 0.381 e. The van der Waals surface area contributed by atoms with Gasteiger partial charge in [0.25, 0.3) is 0 Å². The minimum Gasteiger partial charge on any atom is -0.381 e. The fraction of sp³-hybridized carbons (Fsp3) is 0.786. The quantitative estimate of drug-likeness (QED) is 0.769. The van der Waals surface area contributed by atoms with Gasteiger partial charge in [-0.15, -0.1) is 11.6 Å². The molecule has 0 atom stereocenters. The molecular weight excluding hydrogens is 248 g/mol. The molecule has 102 valence electrons. The first-order valence-corrected chi connectivity index (χ1v) is 7.54. The summed E-state index contributed by atoms with van der Waals surface area (Å²) < 4.78 is 7.62. The van der Waals surface area contributed by atoms with E-state index in [0.29, 0.717) is 11.8 Å². The Morgan fingerprint density at radius 2 is 2.00 bits per heavy atom. The lowest BCUT2D eigenvalue weighted by atomic mass is 10.0. The molecule has 0 aromatic carbocycles. The van der Waals surface area contributed by atoms with E-state index < -0.39 is 0 Å². The number of halogens is 1. The lowest BCUT2D eigenvalue weighted by Gasteiger charge is -2.22. The number of aryl methyl sites for hydroxylation is 1. The molecule has 0 unspecified atom stereocenters. The minimum atomic E-state index is 0.583. The van der Waals surface area contributed by atoms with Crippen LogP contribution in [-0.2, 0) is 30.0 Å². The van der Waals surface area contributed by atoms with E-state index in [1.807, 2.05) is 0 Å². The maximum absolute atomic E-state index is 6.08. The van der Waals surface area contributed by atoms with Crippen LogP contribution in [0.5, 0.6) is 0 Å². The molecule has 18 heavy (non-hydrogen) atoms. The molecule has 2 rings (SSSR count). The van der Waals surface area contributed by atoms with Crippen LogP contribution in [0.4, 0.5) is 0 Å². The summed E-state index contributed by atoms with van der Waals surface area (Å²) in [5.41, 5.74) is 3.76. The third-order valence-electron chi connectivity index (χ3n) is 3.83. The Morgan fingerprint density at radius 1 is 1.28 bits per heavy atom. The maximum Gasteiger partial charge on any atom is 0.0668 e. The topological polar surface area (TPSA) is 27.1 Å². The number of ether oxygens (including phenoxy) is 1. The second-order valence-corrected chi connectivity index (χ2v) is 5.22. The molecule has 0 amide bonds. The molecule has 0 bridgehead atoms. The highest BCUT2D eigenvalue weighted by Gasteiger charge is 2.19. The average molecular weight is 271 g/mol. The summed E-state index contributed by atoms with van der Waals surface area (Å²) >= 11 is 6.08. The van der Waals surface area contributed by atoms with Crippen molar-refractivity contribution < 1.29 is 4.74 Å². The molecule has 1 aromatic heterocycles. The zero-order chi connectivity index (χ0) is 13.0. The fourth-order valence-corrected chi connectivity index (χ4v) is 3.06. The standard InChI is InChI=1S/C14H23ClN2O/c1-3-13-12(9-15)14(4-2)17(16-13)10-11-5-7-18-8-6-11/h11H,3-10H2,1-2H3. The van der Waals surface area contributed by atoms with Gasteiger partial charge in [-0.3, -0.25) is 4.68 Å². The van der Waals surface area contributed by atoms with E-state index in [1.165, 1.54) is 17.0 Å². The van der Waals surface area contributed by atoms with Gasteiger partial charge in [-0.25, -0.2) is 0 Å². The van der Waals surface area contributed by atoms with Gasteiger partial charge in [-0.1, -0.05) is 13.8 Å². The van der Waals surface area contributed by atoms with E-state index in [9.17, 15) is 0 Å². The zero-order valence-electron chi connectivity index (χ0n) is 11.4. The van der Waals surface area contributed by atoms with Crippen LogP contribution in [0, 0.1) is 5.92 Å². The van der Waals surface area contributed by atoms with Crippen molar-refractivity contribution in [1.29, 1.82) is 0 Å². The SMILES string of the molecule is CCc1nn(CC2CCOCC2)c(CC)c1CCl. The van der Waals surface area contributed by atoms with E-state index in [1.54, 1.807) is 0 Å². The molecule has 2 heterocycles. The summed E-state index contributed by atoms with van der Waals surface area (Å²) in [6, 6.07) is 0. The lowest BCUT2D eigenvalue weighted by molar-refractivity contribution is 0.0598. The number of hydrogen-bond acceptors (Lipinski definition) is 2. The molecular formula is C14H23ClN2O. The number of aromatic nitrogens is 2. The highest BCUT2D eigenvalue weighted by Crippen LogP contribution is 2.22. The predicted molar refractivity (Wildman–Crippen MR) is 74.1 cm³/mol. The Labute approximate surface area is 114 Å². The van der Waals surface area contributed by atoms with Crippen LogP contribution in [0.25, 0.3) is 0 Å². The van der Waals surface area contributed by atoms with Crippen LogP contribution >= 0.6 is 11.6 Å². The minimum absolute atomic E-state index is 0.583. The van der Waals surface area contributed by atoms with Crippen molar-refractivity contribution in [2.75, 3.05) is 13.2 Å². The Balaban J connectivity index is 2.17. The van der Waals surface area contributed by atoms with Gasteiger partial charge in [0.05, 0.1) is 11.6 Å².